The Morgan fingerprint density at radius 1 is 1.18 bits per heavy atom. The van der Waals surface area contributed by atoms with Gasteiger partial charge in [-0.15, -0.1) is 0 Å². The first-order valence-corrected chi connectivity index (χ1v) is 6.28. The molecule has 5 nitrogen and oxygen atoms in total. The summed E-state index contributed by atoms with van der Waals surface area (Å²) in [5, 5.41) is 4.30. The summed E-state index contributed by atoms with van der Waals surface area (Å²) in [6.45, 7) is 2.02. The van der Waals surface area contributed by atoms with Crippen molar-refractivity contribution in [2.75, 3.05) is 4.90 Å². The standard InChI is InChI=1S/C12H15N5/c1-8-6-11(17-12(15-8)13-7-14-17)16-9-2-3-10(16)5-4-9/h6-7,9-10H,2-5H2,1H3. The number of anilines is 1. The number of aromatic nitrogens is 4. The van der Waals surface area contributed by atoms with E-state index in [2.05, 4.69) is 26.0 Å². The molecule has 0 amide bonds. The number of hydrogen-bond donors (Lipinski definition) is 0. The minimum Gasteiger partial charge on any atom is -0.350 e. The second-order valence-electron chi connectivity index (χ2n) is 5.10. The fraction of sp³-hybridized carbons (Fsp3) is 0.583. The molecule has 4 rings (SSSR count). The first kappa shape index (κ1) is 9.39. The van der Waals surface area contributed by atoms with E-state index >= 15 is 0 Å². The number of aryl methyl sites for hydroxylation is 1. The zero-order chi connectivity index (χ0) is 11.4. The summed E-state index contributed by atoms with van der Waals surface area (Å²) in [5.41, 5.74) is 1.02. The van der Waals surface area contributed by atoms with Gasteiger partial charge >= 0.3 is 0 Å². The average Bonchev–Trinajstić information content (AvgIpc) is 3.01. The Hall–Kier alpha value is -1.65. The van der Waals surface area contributed by atoms with Crippen LogP contribution in [0.1, 0.15) is 31.4 Å². The second kappa shape index (κ2) is 3.18. The van der Waals surface area contributed by atoms with Gasteiger partial charge in [0.25, 0.3) is 5.78 Å². The van der Waals surface area contributed by atoms with Gasteiger partial charge in [0.2, 0.25) is 0 Å². The highest BCUT2D eigenvalue weighted by molar-refractivity contribution is 5.51. The number of rotatable bonds is 1. The lowest BCUT2D eigenvalue weighted by Gasteiger charge is -2.24. The summed E-state index contributed by atoms with van der Waals surface area (Å²) in [7, 11) is 0. The number of nitrogens with zero attached hydrogens (tertiary/aromatic N) is 5. The summed E-state index contributed by atoms with van der Waals surface area (Å²) < 4.78 is 1.88. The van der Waals surface area contributed by atoms with Crippen LogP contribution in [0.4, 0.5) is 5.82 Å². The Kier molecular flexibility index (Phi) is 1.76. The third-order valence-electron chi connectivity index (χ3n) is 4.08. The maximum atomic E-state index is 4.40. The molecule has 0 unspecified atom stereocenters. The largest absolute Gasteiger partial charge is 0.350 e. The minimum absolute atomic E-state index is 0.703. The van der Waals surface area contributed by atoms with Crippen molar-refractivity contribution in [3.8, 4) is 0 Å². The molecule has 0 spiro atoms. The average molecular weight is 229 g/mol. The van der Waals surface area contributed by atoms with Crippen molar-refractivity contribution in [1.29, 1.82) is 0 Å². The molecular weight excluding hydrogens is 214 g/mol. The number of fused-ring (bicyclic) bond motifs is 3. The SMILES string of the molecule is Cc1cc(N2C3CCC2CC3)n2ncnc2n1. The molecule has 17 heavy (non-hydrogen) atoms. The molecule has 2 aliphatic heterocycles. The van der Waals surface area contributed by atoms with Gasteiger partial charge in [-0.25, -0.2) is 4.98 Å². The van der Waals surface area contributed by atoms with Gasteiger partial charge in [-0.2, -0.15) is 14.6 Å². The van der Waals surface area contributed by atoms with Crippen LogP contribution in [-0.2, 0) is 0 Å². The lowest BCUT2D eigenvalue weighted by molar-refractivity contribution is 0.576. The molecular formula is C12H15N5. The lowest BCUT2D eigenvalue weighted by Crippen LogP contribution is -2.30. The van der Waals surface area contributed by atoms with Crippen LogP contribution in [-0.4, -0.2) is 31.7 Å². The zero-order valence-electron chi connectivity index (χ0n) is 9.87. The Morgan fingerprint density at radius 2 is 1.88 bits per heavy atom. The molecule has 5 heteroatoms. The Bertz CT molecular complexity index is 555. The lowest BCUT2D eigenvalue weighted by atomic mass is 10.0. The van der Waals surface area contributed by atoms with Crippen LogP contribution >= 0.6 is 0 Å². The fourth-order valence-electron chi connectivity index (χ4n) is 3.38. The number of hydrogen-bond acceptors (Lipinski definition) is 4. The Labute approximate surface area is 99.5 Å². The van der Waals surface area contributed by atoms with E-state index in [0.717, 1.165) is 5.69 Å². The highest BCUT2D eigenvalue weighted by Crippen LogP contribution is 2.40. The first-order valence-electron chi connectivity index (χ1n) is 6.28. The predicted molar refractivity (Wildman–Crippen MR) is 64.0 cm³/mol. The monoisotopic (exact) mass is 229 g/mol. The maximum Gasteiger partial charge on any atom is 0.254 e. The van der Waals surface area contributed by atoms with Crippen LogP contribution < -0.4 is 4.90 Å². The van der Waals surface area contributed by atoms with E-state index in [0.29, 0.717) is 17.9 Å². The van der Waals surface area contributed by atoms with E-state index in [1.165, 1.54) is 31.5 Å². The first-order chi connectivity index (χ1) is 8.33. The molecule has 2 bridgehead atoms. The molecule has 0 radical (unpaired) electrons. The van der Waals surface area contributed by atoms with Gasteiger partial charge in [-0.1, -0.05) is 0 Å². The predicted octanol–water partition coefficient (Wildman–Crippen LogP) is 1.56. The van der Waals surface area contributed by atoms with Crippen LogP contribution in [0.3, 0.4) is 0 Å². The zero-order valence-corrected chi connectivity index (χ0v) is 9.87. The molecule has 0 atom stereocenters. The van der Waals surface area contributed by atoms with Crippen LogP contribution in [0.15, 0.2) is 12.4 Å². The van der Waals surface area contributed by atoms with Gasteiger partial charge in [0.05, 0.1) is 0 Å². The second-order valence-corrected chi connectivity index (χ2v) is 5.10. The molecule has 0 aromatic carbocycles. The van der Waals surface area contributed by atoms with Gasteiger partial charge < -0.3 is 4.90 Å². The molecule has 2 aromatic rings. The van der Waals surface area contributed by atoms with E-state index in [9.17, 15) is 0 Å². The Morgan fingerprint density at radius 3 is 2.59 bits per heavy atom. The van der Waals surface area contributed by atoms with Crippen molar-refractivity contribution in [3.05, 3.63) is 18.1 Å². The van der Waals surface area contributed by atoms with Crippen LogP contribution in [0.5, 0.6) is 0 Å². The van der Waals surface area contributed by atoms with Crippen LogP contribution in [0.2, 0.25) is 0 Å². The molecule has 2 saturated heterocycles. The smallest absolute Gasteiger partial charge is 0.254 e. The normalized spacial score (nSPS) is 27.2. The maximum absolute atomic E-state index is 4.40. The molecule has 2 aliphatic rings. The van der Waals surface area contributed by atoms with E-state index < -0.39 is 0 Å². The topological polar surface area (TPSA) is 46.3 Å². The van der Waals surface area contributed by atoms with Gasteiger partial charge in [0.1, 0.15) is 12.1 Å². The van der Waals surface area contributed by atoms with E-state index in [1.807, 2.05) is 11.4 Å². The molecule has 0 saturated carbocycles. The van der Waals surface area contributed by atoms with E-state index in [-0.39, 0.29) is 0 Å². The fourth-order valence-corrected chi connectivity index (χ4v) is 3.38. The highest BCUT2D eigenvalue weighted by atomic mass is 15.4. The van der Waals surface area contributed by atoms with E-state index in [1.54, 1.807) is 6.33 Å². The summed E-state index contributed by atoms with van der Waals surface area (Å²) in [5.74, 6) is 1.89. The van der Waals surface area contributed by atoms with Gasteiger partial charge in [-0.05, 0) is 32.6 Å². The summed E-state index contributed by atoms with van der Waals surface area (Å²) in [6.07, 6.45) is 6.87. The quantitative estimate of drug-likeness (QED) is 0.744. The summed E-state index contributed by atoms with van der Waals surface area (Å²) in [6, 6.07) is 3.54. The van der Waals surface area contributed by atoms with Crippen molar-refractivity contribution in [3.63, 3.8) is 0 Å². The van der Waals surface area contributed by atoms with Crippen molar-refractivity contribution >= 4 is 11.6 Å². The minimum atomic E-state index is 0.703. The van der Waals surface area contributed by atoms with Crippen molar-refractivity contribution in [1.82, 2.24) is 19.6 Å². The third-order valence-corrected chi connectivity index (χ3v) is 4.08. The van der Waals surface area contributed by atoms with Gasteiger partial charge in [-0.3, -0.25) is 0 Å². The molecule has 0 N–H and O–H groups in total. The van der Waals surface area contributed by atoms with Crippen molar-refractivity contribution in [2.45, 2.75) is 44.7 Å². The van der Waals surface area contributed by atoms with E-state index in [4.69, 9.17) is 0 Å². The Balaban J connectivity index is 1.92. The van der Waals surface area contributed by atoms with Crippen molar-refractivity contribution in [2.24, 2.45) is 0 Å². The molecule has 88 valence electrons. The van der Waals surface area contributed by atoms with Crippen molar-refractivity contribution < 1.29 is 0 Å². The van der Waals surface area contributed by atoms with Crippen LogP contribution in [0, 0.1) is 6.92 Å². The summed E-state index contributed by atoms with van der Waals surface area (Å²) in [4.78, 5) is 11.1. The molecule has 4 heterocycles. The third kappa shape index (κ3) is 1.22. The van der Waals surface area contributed by atoms with Gasteiger partial charge in [0.15, 0.2) is 0 Å². The molecule has 2 fully saturated rings. The summed E-state index contributed by atoms with van der Waals surface area (Å²) >= 11 is 0. The highest BCUT2D eigenvalue weighted by Gasteiger charge is 2.40. The van der Waals surface area contributed by atoms with Crippen LogP contribution in [0.25, 0.3) is 5.78 Å². The molecule has 2 aromatic heterocycles. The van der Waals surface area contributed by atoms with Gasteiger partial charge in [0, 0.05) is 23.8 Å². The molecule has 0 aliphatic carbocycles.